The fraction of sp³-hybridized carbons (Fsp3) is 0. The zero-order chi connectivity index (χ0) is 12.8. The molecule has 0 aliphatic heterocycles. The van der Waals surface area contributed by atoms with E-state index >= 15 is 0 Å². The highest BCUT2D eigenvalue weighted by atomic mass is 16.2. The van der Waals surface area contributed by atoms with Crippen molar-refractivity contribution in [3.63, 3.8) is 0 Å². The summed E-state index contributed by atoms with van der Waals surface area (Å²) in [6, 6.07) is 12.1. The second-order valence-corrected chi connectivity index (χ2v) is 3.58. The average molecular weight is 240 g/mol. The predicted molar refractivity (Wildman–Crippen MR) is 70.2 cm³/mol. The minimum atomic E-state index is -0.290. The Labute approximate surface area is 104 Å². The SMILES string of the molecule is Nc1ccc(C(=O)N/N=C\c2ccccn2)cc1. The van der Waals surface area contributed by atoms with E-state index in [1.807, 2.05) is 12.1 Å². The van der Waals surface area contributed by atoms with Crippen LogP contribution in [-0.2, 0) is 0 Å². The summed E-state index contributed by atoms with van der Waals surface area (Å²) >= 11 is 0. The Balaban J connectivity index is 1.96. The number of hydrogen-bond donors (Lipinski definition) is 2. The highest BCUT2D eigenvalue weighted by molar-refractivity contribution is 5.95. The first-order valence-corrected chi connectivity index (χ1v) is 5.36. The average Bonchev–Trinajstić information content (AvgIpc) is 2.40. The summed E-state index contributed by atoms with van der Waals surface area (Å²) in [7, 11) is 0. The summed E-state index contributed by atoms with van der Waals surface area (Å²) in [5.41, 5.74) is 9.74. The third kappa shape index (κ3) is 3.15. The molecule has 0 unspecified atom stereocenters. The van der Waals surface area contributed by atoms with Gasteiger partial charge in [0.15, 0.2) is 0 Å². The number of nitrogens with zero attached hydrogens (tertiary/aromatic N) is 2. The van der Waals surface area contributed by atoms with Gasteiger partial charge in [-0.3, -0.25) is 9.78 Å². The number of benzene rings is 1. The Hall–Kier alpha value is -2.69. The van der Waals surface area contributed by atoms with Gasteiger partial charge in [-0.15, -0.1) is 0 Å². The molecular weight excluding hydrogens is 228 g/mol. The van der Waals surface area contributed by atoms with Crippen molar-refractivity contribution in [2.75, 3.05) is 5.73 Å². The smallest absolute Gasteiger partial charge is 0.271 e. The molecule has 1 aromatic heterocycles. The molecule has 0 saturated heterocycles. The van der Waals surface area contributed by atoms with Crippen LogP contribution in [0.1, 0.15) is 16.1 Å². The maximum atomic E-state index is 11.7. The topological polar surface area (TPSA) is 80.4 Å². The van der Waals surface area contributed by atoms with E-state index in [-0.39, 0.29) is 5.91 Å². The first kappa shape index (κ1) is 11.8. The molecule has 0 bridgehead atoms. The lowest BCUT2D eigenvalue weighted by atomic mass is 10.2. The monoisotopic (exact) mass is 240 g/mol. The van der Waals surface area contributed by atoms with Crippen molar-refractivity contribution >= 4 is 17.8 Å². The number of carbonyl (C=O) groups excluding carboxylic acids is 1. The Morgan fingerprint density at radius 1 is 1.22 bits per heavy atom. The number of nitrogens with two attached hydrogens (primary N) is 1. The fourth-order valence-corrected chi connectivity index (χ4v) is 1.31. The van der Waals surface area contributed by atoms with Crippen molar-refractivity contribution in [2.45, 2.75) is 0 Å². The Kier molecular flexibility index (Phi) is 3.66. The third-order valence-corrected chi connectivity index (χ3v) is 2.22. The zero-order valence-corrected chi connectivity index (χ0v) is 9.58. The van der Waals surface area contributed by atoms with Crippen LogP contribution in [0.15, 0.2) is 53.8 Å². The van der Waals surface area contributed by atoms with Crippen LogP contribution in [-0.4, -0.2) is 17.1 Å². The van der Waals surface area contributed by atoms with E-state index < -0.39 is 0 Å². The molecule has 5 heteroatoms. The summed E-state index contributed by atoms with van der Waals surface area (Å²) in [6.45, 7) is 0. The molecule has 5 nitrogen and oxygen atoms in total. The molecule has 90 valence electrons. The van der Waals surface area contributed by atoms with Gasteiger partial charge in [0.25, 0.3) is 5.91 Å². The summed E-state index contributed by atoms with van der Waals surface area (Å²) < 4.78 is 0. The molecule has 0 saturated carbocycles. The first-order chi connectivity index (χ1) is 8.75. The number of hydrogen-bond acceptors (Lipinski definition) is 4. The zero-order valence-electron chi connectivity index (χ0n) is 9.58. The van der Waals surface area contributed by atoms with Gasteiger partial charge in [0.05, 0.1) is 11.9 Å². The fourth-order valence-electron chi connectivity index (χ4n) is 1.31. The van der Waals surface area contributed by atoms with Crippen molar-refractivity contribution in [2.24, 2.45) is 5.10 Å². The van der Waals surface area contributed by atoms with Gasteiger partial charge in [0, 0.05) is 17.4 Å². The molecule has 3 N–H and O–H groups in total. The van der Waals surface area contributed by atoms with Gasteiger partial charge < -0.3 is 5.73 Å². The van der Waals surface area contributed by atoms with Crippen LogP contribution in [0.2, 0.25) is 0 Å². The van der Waals surface area contributed by atoms with Crippen molar-refractivity contribution in [3.8, 4) is 0 Å². The van der Waals surface area contributed by atoms with Crippen molar-refractivity contribution < 1.29 is 4.79 Å². The van der Waals surface area contributed by atoms with Gasteiger partial charge in [-0.2, -0.15) is 5.10 Å². The van der Waals surface area contributed by atoms with Crippen LogP contribution in [0.25, 0.3) is 0 Å². The van der Waals surface area contributed by atoms with Gasteiger partial charge in [-0.05, 0) is 36.4 Å². The van der Waals surface area contributed by atoms with E-state index in [1.54, 1.807) is 36.5 Å². The number of rotatable bonds is 3. The molecule has 0 aliphatic rings. The van der Waals surface area contributed by atoms with Gasteiger partial charge in [0.2, 0.25) is 0 Å². The first-order valence-electron chi connectivity index (χ1n) is 5.36. The quantitative estimate of drug-likeness (QED) is 0.484. The molecule has 1 aromatic carbocycles. The Bertz CT molecular complexity index is 549. The molecular formula is C13H12N4O. The van der Waals surface area contributed by atoms with E-state index in [4.69, 9.17) is 5.73 Å². The molecule has 0 aliphatic carbocycles. The van der Waals surface area contributed by atoms with Gasteiger partial charge in [-0.1, -0.05) is 6.07 Å². The summed E-state index contributed by atoms with van der Waals surface area (Å²) in [5, 5.41) is 3.82. The molecule has 2 aromatic rings. The van der Waals surface area contributed by atoms with Gasteiger partial charge in [-0.25, -0.2) is 5.43 Å². The number of pyridine rings is 1. The normalized spacial score (nSPS) is 10.4. The number of nitrogen functional groups attached to an aromatic ring is 1. The number of amides is 1. The highest BCUT2D eigenvalue weighted by Gasteiger charge is 2.02. The molecule has 18 heavy (non-hydrogen) atoms. The molecule has 0 radical (unpaired) electrons. The Morgan fingerprint density at radius 2 is 2.00 bits per heavy atom. The molecule has 0 spiro atoms. The molecule has 1 amide bonds. The molecule has 0 fully saturated rings. The van der Waals surface area contributed by atoms with Crippen LogP contribution in [0.4, 0.5) is 5.69 Å². The number of carbonyl (C=O) groups is 1. The maximum absolute atomic E-state index is 11.7. The van der Waals surface area contributed by atoms with Crippen molar-refractivity contribution in [1.82, 2.24) is 10.4 Å². The predicted octanol–water partition coefficient (Wildman–Crippen LogP) is 1.43. The van der Waals surface area contributed by atoms with Crippen LogP contribution < -0.4 is 11.2 Å². The molecule has 0 atom stereocenters. The van der Waals surface area contributed by atoms with Crippen LogP contribution in [0.3, 0.4) is 0 Å². The second kappa shape index (κ2) is 5.58. The van der Waals surface area contributed by atoms with E-state index in [1.165, 1.54) is 6.21 Å². The number of hydrazone groups is 1. The highest BCUT2D eigenvalue weighted by Crippen LogP contribution is 2.04. The Morgan fingerprint density at radius 3 is 2.67 bits per heavy atom. The summed E-state index contributed by atoms with van der Waals surface area (Å²) in [5.74, 6) is -0.290. The number of nitrogens with one attached hydrogen (secondary N) is 1. The lowest BCUT2D eigenvalue weighted by molar-refractivity contribution is 0.0955. The van der Waals surface area contributed by atoms with E-state index in [9.17, 15) is 4.79 Å². The summed E-state index contributed by atoms with van der Waals surface area (Å²) in [6.07, 6.45) is 3.14. The van der Waals surface area contributed by atoms with Crippen LogP contribution in [0.5, 0.6) is 0 Å². The van der Waals surface area contributed by atoms with Crippen molar-refractivity contribution in [1.29, 1.82) is 0 Å². The minimum absolute atomic E-state index is 0.290. The minimum Gasteiger partial charge on any atom is -0.399 e. The maximum Gasteiger partial charge on any atom is 0.271 e. The van der Waals surface area contributed by atoms with E-state index in [0.717, 1.165) is 0 Å². The van der Waals surface area contributed by atoms with E-state index in [0.29, 0.717) is 16.9 Å². The third-order valence-electron chi connectivity index (χ3n) is 2.22. The molecule has 2 rings (SSSR count). The summed E-state index contributed by atoms with van der Waals surface area (Å²) in [4.78, 5) is 15.7. The lowest BCUT2D eigenvalue weighted by Crippen LogP contribution is -2.17. The number of aromatic nitrogens is 1. The van der Waals surface area contributed by atoms with E-state index in [2.05, 4.69) is 15.5 Å². The second-order valence-electron chi connectivity index (χ2n) is 3.58. The van der Waals surface area contributed by atoms with Gasteiger partial charge in [0.1, 0.15) is 0 Å². The largest absolute Gasteiger partial charge is 0.399 e. The van der Waals surface area contributed by atoms with Gasteiger partial charge >= 0.3 is 0 Å². The van der Waals surface area contributed by atoms with Crippen molar-refractivity contribution in [3.05, 3.63) is 59.9 Å². The van der Waals surface area contributed by atoms with Crippen LogP contribution in [0, 0.1) is 0 Å². The lowest BCUT2D eigenvalue weighted by Gasteiger charge is -1.99. The standard InChI is InChI=1S/C13H12N4O/c14-11-6-4-10(5-7-11)13(18)17-16-9-12-3-1-2-8-15-12/h1-9H,14H2,(H,17,18)/b16-9-. The molecule has 1 heterocycles. The van der Waals surface area contributed by atoms with Crippen LogP contribution >= 0.6 is 0 Å². The number of anilines is 1.